The topological polar surface area (TPSA) is 52.3 Å². The van der Waals surface area contributed by atoms with Crippen molar-refractivity contribution in [3.8, 4) is 0 Å². The van der Waals surface area contributed by atoms with Gasteiger partial charge in [-0.1, -0.05) is 32.0 Å². The highest BCUT2D eigenvalue weighted by Crippen LogP contribution is 2.47. The van der Waals surface area contributed by atoms with Gasteiger partial charge in [0.2, 0.25) is 0 Å². The summed E-state index contributed by atoms with van der Waals surface area (Å²) in [7, 11) is 0. The van der Waals surface area contributed by atoms with Crippen molar-refractivity contribution in [3.63, 3.8) is 0 Å². The third kappa shape index (κ3) is 3.11. The van der Waals surface area contributed by atoms with Crippen LogP contribution in [0.25, 0.3) is 0 Å². The molecule has 116 valence electrons. The number of rotatable bonds is 6. The zero-order valence-corrected chi connectivity index (χ0v) is 13.9. The van der Waals surface area contributed by atoms with Crippen molar-refractivity contribution in [2.75, 3.05) is 18.9 Å². The number of esters is 1. The number of ether oxygens (including phenoxy) is 1. The SMILES string of the molecule is CCOC(=O)C(CN)(CC1CSc2ccccc21)C(C)C. The molecular formula is C17H25NO2S. The highest BCUT2D eigenvalue weighted by atomic mass is 32.2. The van der Waals surface area contributed by atoms with Crippen LogP contribution in [0.3, 0.4) is 0 Å². The first-order valence-electron chi connectivity index (χ1n) is 7.64. The molecular weight excluding hydrogens is 282 g/mol. The lowest BCUT2D eigenvalue weighted by atomic mass is 9.70. The molecule has 0 aliphatic carbocycles. The van der Waals surface area contributed by atoms with E-state index in [0.717, 1.165) is 12.2 Å². The maximum atomic E-state index is 12.5. The van der Waals surface area contributed by atoms with Gasteiger partial charge in [0.15, 0.2) is 0 Å². The van der Waals surface area contributed by atoms with Crippen LogP contribution in [0.2, 0.25) is 0 Å². The summed E-state index contributed by atoms with van der Waals surface area (Å²) in [6.45, 7) is 6.73. The number of thioether (sulfide) groups is 1. The van der Waals surface area contributed by atoms with Gasteiger partial charge in [-0.05, 0) is 36.8 Å². The molecule has 1 aromatic carbocycles. The molecule has 0 aromatic heterocycles. The van der Waals surface area contributed by atoms with E-state index in [9.17, 15) is 4.79 Å². The Hall–Kier alpha value is -1.00. The van der Waals surface area contributed by atoms with Crippen LogP contribution in [0.5, 0.6) is 0 Å². The van der Waals surface area contributed by atoms with Crippen molar-refractivity contribution < 1.29 is 9.53 Å². The van der Waals surface area contributed by atoms with Crippen molar-refractivity contribution >= 4 is 17.7 Å². The van der Waals surface area contributed by atoms with Gasteiger partial charge in [-0.3, -0.25) is 4.79 Å². The molecule has 3 nitrogen and oxygen atoms in total. The van der Waals surface area contributed by atoms with Crippen LogP contribution in [0.4, 0.5) is 0 Å². The molecule has 0 radical (unpaired) electrons. The van der Waals surface area contributed by atoms with Crippen molar-refractivity contribution in [1.29, 1.82) is 0 Å². The van der Waals surface area contributed by atoms with Crippen molar-refractivity contribution in [2.45, 2.75) is 38.0 Å². The highest BCUT2D eigenvalue weighted by molar-refractivity contribution is 7.99. The Morgan fingerprint density at radius 3 is 2.81 bits per heavy atom. The molecule has 0 saturated carbocycles. The maximum Gasteiger partial charge on any atom is 0.313 e. The van der Waals surface area contributed by atoms with Gasteiger partial charge in [-0.25, -0.2) is 0 Å². The van der Waals surface area contributed by atoms with Gasteiger partial charge < -0.3 is 10.5 Å². The average molecular weight is 307 g/mol. The van der Waals surface area contributed by atoms with Crippen molar-refractivity contribution in [2.24, 2.45) is 17.1 Å². The fourth-order valence-corrected chi connectivity index (χ4v) is 4.32. The van der Waals surface area contributed by atoms with Crippen molar-refractivity contribution in [3.05, 3.63) is 29.8 Å². The van der Waals surface area contributed by atoms with E-state index in [1.807, 2.05) is 18.7 Å². The monoisotopic (exact) mass is 307 g/mol. The maximum absolute atomic E-state index is 12.5. The van der Waals surface area contributed by atoms with Crippen LogP contribution < -0.4 is 5.73 Å². The van der Waals surface area contributed by atoms with E-state index in [-0.39, 0.29) is 11.9 Å². The van der Waals surface area contributed by atoms with Gasteiger partial charge in [0.1, 0.15) is 0 Å². The van der Waals surface area contributed by atoms with E-state index >= 15 is 0 Å². The lowest BCUT2D eigenvalue weighted by Gasteiger charge is -2.36. The van der Waals surface area contributed by atoms with Gasteiger partial charge in [-0.15, -0.1) is 11.8 Å². The largest absolute Gasteiger partial charge is 0.466 e. The number of carbonyl (C=O) groups is 1. The normalized spacial score (nSPS) is 20.1. The Balaban J connectivity index is 2.26. The van der Waals surface area contributed by atoms with Crippen LogP contribution in [0, 0.1) is 11.3 Å². The second-order valence-electron chi connectivity index (χ2n) is 5.99. The summed E-state index contributed by atoms with van der Waals surface area (Å²) in [5, 5.41) is 0. The molecule has 1 aliphatic rings. The van der Waals surface area contributed by atoms with Crippen LogP contribution in [0.15, 0.2) is 29.2 Å². The molecule has 2 unspecified atom stereocenters. The van der Waals surface area contributed by atoms with Crippen LogP contribution in [0.1, 0.15) is 38.7 Å². The van der Waals surface area contributed by atoms with Crippen LogP contribution in [-0.4, -0.2) is 24.9 Å². The van der Waals surface area contributed by atoms with E-state index in [4.69, 9.17) is 10.5 Å². The third-order valence-corrected chi connectivity index (χ3v) is 5.81. The molecule has 0 bridgehead atoms. The zero-order chi connectivity index (χ0) is 15.5. The van der Waals surface area contributed by atoms with E-state index in [0.29, 0.717) is 19.1 Å². The Bertz CT molecular complexity index is 503. The molecule has 0 amide bonds. The van der Waals surface area contributed by atoms with Crippen LogP contribution >= 0.6 is 11.8 Å². The number of fused-ring (bicyclic) bond motifs is 1. The second-order valence-corrected chi connectivity index (χ2v) is 7.05. The van der Waals surface area contributed by atoms with Crippen molar-refractivity contribution in [1.82, 2.24) is 0 Å². The molecule has 1 aliphatic heterocycles. The summed E-state index contributed by atoms with van der Waals surface area (Å²) in [4.78, 5) is 13.9. The quantitative estimate of drug-likeness (QED) is 0.818. The molecule has 21 heavy (non-hydrogen) atoms. The number of carbonyl (C=O) groups excluding carboxylic acids is 1. The summed E-state index contributed by atoms with van der Waals surface area (Å²) in [5.74, 6) is 1.42. The average Bonchev–Trinajstić information content (AvgIpc) is 2.87. The first kappa shape index (κ1) is 16.4. The van der Waals surface area contributed by atoms with Crippen LogP contribution in [-0.2, 0) is 9.53 Å². The van der Waals surface area contributed by atoms with E-state index < -0.39 is 5.41 Å². The van der Waals surface area contributed by atoms with Gasteiger partial charge in [0, 0.05) is 17.2 Å². The number of hydrogen-bond donors (Lipinski definition) is 1. The lowest BCUT2D eigenvalue weighted by molar-refractivity contribution is -0.158. The Morgan fingerprint density at radius 1 is 1.48 bits per heavy atom. The van der Waals surface area contributed by atoms with Gasteiger partial charge in [-0.2, -0.15) is 0 Å². The molecule has 0 spiro atoms. The first-order chi connectivity index (χ1) is 10.0. The first-order valence-corrected chi connectivity index (χ1v) is 8.62. The number of nitrogens with two attached hydrogens (primary N) is 1. The minimum atomic E-state index is -0.585. The fourth-order valence-electron chi connectivity index (χ4n) is 3.07. The Morgan fingerprint density at radius 2 is 2.19 bits per heavy atom. The summed E-state index contributed by atoms with van der Waals surface area (Å²) in [5.41, 5.74) is 6.80. The third-order valence-electron chi connectivity index (χ3n) is 4.56. The number of hydrogen-bond acceptors (Lipinski definition) is 4. The van der Waals surface area contributed by atoms with Gasteiger partial charge in [0.25, 0.3) is 0 Å². The van der Waals surface area contributed by atoms with E-state index in [1.165, 1.54) is 10.5 Å². The Kier molecular flexibility index (Phi) is 5.33. The highest BCUT2D eigenvalue weighted by Gasteiger charge is 2.44. The van der Waals surface area contributed by atoms with Gasteiger partial charge in [0.05, 0.1) is 12.0 Å². The summed E-state index contributed by atoms with van der Waals surface area (Å²) in [6, 6.07) is 8.47. The summed E-state index contributed by atoms with van der Waals surface area (Å²) >= 11 is 1.87. The van der Waals surface area contributed by atoms with E-state index in [1.54, 1.807) is 0 Å². The lowest BCUT2D eigenvalue weighted by Crippen LogP contribution is -2.45. The standard InChI is InChI=1S/C17H25NO2S/c1-4-20-16(19)17(11-18,12(2)3)9-13-10-21-15-8-6-5-7-14(13)15/h5-8,12-13H,4,9-11,18H2,1-3H3. The molecule has 2 rings (SSSR count). The fraction of sp³-hybridized carbons (Fsp3) is 0.588. The molecule has 2 N–H and O–H groups in total. The summed E-state index contributed by atoms with van der Waals surface area (Å²) < 4.78 is 5.33. The van der Waals surface area contributed by atoms with E-state index in [2.05, 4.69) is 38.1 Å². The predicted molar refractivity (Wildman–Crippen MR) is 87.5 cm³/mol. The molecule has 1 aromatic rings. The zero-order valence-electron chi connectivity index (χ0n) is 13.1. The van der Waals surface area contributed by atoms with Gasteiger partial charge >= 0.3 is 5.97 Å². The smallest absolute Gasteiger partial charge is 0.313 e. The minimum Gasteiger partial charge on any atom is -0.466 e. The molecule has 0 saturated heterocycles. The molecule has 1 heterocycles. The molecule has 2 atom stereocenters. The minimum absolute atomic E-state index is 0.142. The Labute approximate surface area is 131 Å². The molecule has 0 fully saturated rings. The molecule has 4 heteroatoms. The second kappa shape index (κ2) is 6.84. The predicted octanol–water partition coefficient (Wildman–Crippen LogP) is 3.43. The summed E-state index contributed by atoms with van der Waals surface area (Å²) in [6.07, 6.45) is 0.768. The number of benzene rings is 1.